The van der Waals surface area contributed by atoms with E-state index in [4.69, 9.17) is 10.5 Å². The molecule has 2 amide bonds. The number of aliphatic hydroxyl groups excluding tert-OH is 1. The monoisotopic (exact) mass is 406 g/mol. The zero-order valence-electron chi connectivity index (χ0n) is 15.2. The third kappa shape index (κ3) is 6.36. The molecule has 0 radical (unpaired) electrons. The van der Waals surface area contributed by atoms with Gasteiger partial charge in [0.1, 0.15) is 6.61 Å². The lowest BCUT2D eigenvalue weighted by molar-refractivity contribution is -0.127. The Hall–Kier alpha value is -2.91. The van der Waals surface area contributed by atoms with Crippen molar-refractivity contribution in [1.82, 2.24) is 5.32 Å². The highest BCUT2D eigenvalue weighted by molar-refractivity contribution is 7.90. The number of carbonyl (C=O) groups is 2. The Labute approximate surface area is 163 Å². The van der Waals surface area contributed by atoms with Crippen LogP contribution in [0.3, 0.4) is 0 Å². The predicted molar refractivity (Wildman–Crippen MR) is 102 cm³/mol. The number of sulfone groups is 1. The van der Waals surface area contributed by atoms with E-state index in [9.17, 15) is 23.1 Å². The van der Waals surface area contributed by atoms with Crippen molar-refractivity contribution in [2.24, 2.45) is 5.73 Å². The van der Waals surface area contributed by atoms with E-state index >= 15 is 0 Å². The van der Waals surface area contributed by atoms with E-state index in [1.54, 1.807) is 24.3 Å². The van der Waals surface area contributed by atoms with Gasteiger partial charge in [-0.2, -0.15) is 0 Å². The molecule has 0 unspecified atom stereocenters. The molecule has 0 saturated carbocycles. The van der Waals surface area contributed by atoms with Crippen molar-refractivity contribution >= 4 is 21.8 Å². The molecule has 8 nitrogen and oxygen atoms in total. The van der Waals surface area contributed by atoms with Gasteiger partial charge in [-0.3, -0.25) is 4.79 Å². The number of hydrogen-bond donors (Lipinski definition) is 3. The zero-order chi connectivity index (χ0) is 20.7. The van der Waals surface area contributed by atoms with E-state index in [2.05, 4.69) is 5.32 Å². The van der Waals surface area contributed by atoms with Crippen LogP contribution in [0.1, 0.15) is 11.1 Å². The highest BCUT2D eigenvalue weighted by Gasteiger charge is 2.27. The highest BCUT2D eigenvalue weighted by atomic mass is 32.2. The third-order valence-corrected chi connectivity index (χ3v) is 5.12. The number of hydrogen-bond acceptors (Lipinski definition) is 6. The highest BCUT2D eigenvalue weighted by Crippen LogP contribution is 2.13. The third-order valence-electron chi connectivity index (χ3n) is 4.00. The summed E-state index contributed by atoms with van der Waals surface area (Å²) in [6, 6.07) is 13.9. The van der Waals surface area contributed by atoms with Crippen LogP contribution in [0, 0.1) is 0 Å². The molecule has 2 atom stereocenters. The molecular weight excluding hydrogens is 384 g/mol. The number of rotatable bonds is 8. The summed E-state index contributed by atoms with van der Waals surface area (Å²) >= 11 is 0. The van der Waals surface area contributed by atoms with Crippen LogP contribution < -0.4 is 11.1 Å². The summed E-state index contributed by atoms with van der Waals surface area (Å²) in [5.41, 5.74) is 6.53. The fourth-order valence-electron chi connectivity index (χ4n) is 2.48. The summed E-state index contributed by atoms with van der Waals surface area (Å²) in [6.45, 7) is 0.0229. The first-order chi connectivity index (χ1) is 13.2. The lowest BCUT2D eigenvalue weighted by atomic mass is 10.0. The van der Waals surface area contributed by atoms with Crippen LogP contribution >= 0.6 is 0 Å². The Balaban J connectivity index is 2.05. The van der Waals surface area contributed by atoms with Crippen LogP contribution in [0.4, 0.5) is 4.79 Å². The maximum atomic E-state index is 12.1. The molecule has 150 valence electrons. The molecule has 2 aromatic carbocycles. The molecule has 0 spiro atoms. The van der Waals surface area contributed by atoms with Gasteiger partial charge < -0.3 is 20.9 Å². The zero-order valence-corrected chi connectivity index (χ0v) is 16.1. The summed E-state index contributed by atoms with van der Waals surface area (Å²) in [5, 5.41) is 12.5. The molecule has 0 saturated heterocycles. The van der Waals surface area contributed by atoms with Gasteiger partial charge in [0.15, 0.2) is 15.9 Å². The average molecular weight is 406 g/mol. The topological polar surface area (TPSA) is 136 Å². The van der Waals surface area contributed by atoms with E-state index < -0.39 is 34.0 Å². The first-order valence-corrected chi connectivity index (χ1v) is 10.3. The van der Waals surface area contributed by atoms with E-state index in [1.807, 2.05) is 6.07 Å². The number of ether oxygens (including phenoxy) is 1. The van der Waals surface area contributed by atoms with Crippen LogP contribution in [0.15, 0.2) is 59.5 Å². The van der Waals surface area contributed by atoms with Gasteiger partial charge in [-0.1, -0.05) is 42.5 Å². The van der Waals surface area contributed by atoms with Gasteiger partial charge in [-0.15, -0.1) is 0 Å². The lowest BCUT2D eigenvalue weighted by Gasteiger charge is -2.22. The number of nitrogens with two attached hydrogens (primary N) is 1. The molecule has 2 rings (SSSR count). The minimum absolute atomic E-state index is 0.0229. The van der Waals surface area contributed by atoms with Crippen LogP contribution in [-0.2, 0) is 32.4 Å². The average Bonchev–Trinajstić information content (AvgIpc) is 2.65. The summed E-state index contributed by atoms with van der Waals surface area (Å²) in [7, 11) is -3.34. The molecule has 4 N–H and O–H groups in total. The number of carbonyl (C=O) groups excluding carboxylic acids is 2. The van der Waals surface area contributed by atoms with Crippen molar-refractivity contribution in [3.63, 3.8) is 0 Å². The number of alkyl carbamates (subject to hydrolysis) is 1. The molecule has 0 aliphatic carbocycles. The summed E-state index contributed by atoms with van der Waals surface area (Å²) in [4.78, 5) is 23.6. The van der Waals surface area contributed by atoms with Crippen molar-refractivity contribution in [3.8, 4) is 0 Å². The smallest absolute Gasteiger partial charge is 0.407 e. The predicted octanol–water partition coefficient (Wildman–Crippen LogP) is 0.774. The maximum absolute atomic E-state index is 12.1. The Kier molecular flexibility index (Phi) is 7.13. The van der Waals surface area contributed by atoms with E-state index in [0.29, 0.717) is 5.56 Å². The van der Waals surface area contributed by atoms with Gasteiger partial charge in [0, 0.05) is 6.26 Å². The van der Waals surface area contributed by atoms with E-state index in [0.717, 1.165) is 11.8 Å². The number of primary amides is 1. The molecule has 0 aromatic heterocycles. The number of amides is 2. The second kappa shape index (κ2) is 9.34. The Morgan fingerprint density at radius 1 is 1.07 bits per heavy atom. The van der Waals surface area contributed by atoms with Gasteiger partial charge in [-0.25, -0.2) is 13.2 Å². The Morgan fingerprint density at radius 2 is 1.68 bits per heavy atom. The largest absolute Gasteiger partial charge is 0.445 e. The quantitative estimate of drug-likeness (QED) is 0.593. The standard InChI is InChI=1S/C19H22N2O6S/c1-28(25,26)15-9-7-13(8-10-15)11-16(17(22)18(20)23)21-19(24)27-12-14-5-3-2-4-6-14/h2-10,16-17,22H,11-12H2,1H3,(H2,20,23)(H,21,24)/t16-,17+/m1/s1. The molecule has 0 fully saturated rings. The molecule has 0 aliphatic heterocycles. The fraction of sp³-hybridized carbons (Fsp3) is 0.263. The van der Waals surface area contributed by atoms with Gasteiger partial charge in [0.05, 0.1) is 10.9 Å². The minimum Gasteiger partial charge on any atom is -0.445 e. The summed E-state index contributed by atoms with van der Waals surface area (Å²) in [6.07, 6.45) is -1.32. The van der Waals surface area contributed by atoms with Crippen molar-refractivity contribution in [2.45, 2.75) is 30.1 Å². The van der Waals surface area contributed by atoms with Crippen LogP contribution in [0.5, 0.6) is 0 Å². The first kappa shape index (κ1) is 21.4. The molecule has 2 aromatic rings. The lowest BCUT2D eigenvalue weighted by Crippen LogP contribution is -2.50. The number of aliphatic hydroxyl groups is 1. The molecule has 0 heterocycles. The second-order valence-electron chi connectivity index (χ2n) is 6.28. The van der Waals surface area contributed by atoms with Crippen LogP contribution in [0.2, 0.25) is 0 Å². The van der Waals surface area contributed by atoms with Gasteiger partial charge in [0.2, 0.25) is 5.91 Å². The molecule has 9 heteroatoms. The second-order valence-corrected chi connectivity index (χ2v) is 8.30. The number of nitrogens with one attached hydrogen (secondary N) is 1. The first-order valence-electron chi connectivity index (χ1n) is 8.40. The SMILES string of the molecule is CS(=O)(=O)c1ccc(C[C@@H](NC(=O)OCc2ccccc2)[C@H](O)C(N)=O)cc1. The normalized spacial score (nSPS) is 13.4. The molecule has 28 heavy (non-hydrogen) atoms. The van der Waals surface area contributed by atoms with Crippen LogP contribution in [0.25, 0.3) is 0 Å². The van der Waals surface area contributed by atoms with E-state index in [-0.39, 0.29) is 17.9 Å². The van der Waals surface area contributed by atoms with Gasteiger partial charge in [0.25, 0.3) is 0 Å². The minimum atomic E-state index is -3.34. The Morgan fingerprint density at radius 3 is 2.21 bits per heavy atom. The molecular formula is C19H22N2O6S. The number of benzene rings is 2. The van der Waals surface area contributed by atoms with Crippen LogP contribution in [-0.4, -0.2) is 43.9 Å². The van der Waals surface area contributed by atoms with Gasteiger partial charge >= 0.3 is 6.09 Å². The van der Waals surface area contributed by atoms with Crippen molar-refractivity contribution in [1.29, 1.82) is 0 Å². The summed E-state index contributed by atoms with van der Waals surface area (Å²) in [5.74, 6) is -0.999. The fourth-order valence-corrected chi connectivity index (χ4v) is 3.11. The van der Waals surface area contributed by atoms with Crippen molar-refractivity contribution in [2.75, 3.05) is 6.26 Å². The van der Waals surface area contributed by atoms with Crippen molar-refractivity contribution < 1.29 is 27.9 Å². The maximum Gasteiger partial charge on any atom is 0.407 e. The van der Waals surface area contributed by atoms with E-state index in [1.165, 1.54) is 24.3 Å². The molecule has 0 bridgehead atoms. The molecule has 0 aliphatic rings. The summed E-state index contributed by atoms with van der Waals surface area (Å²) < 4.78 is 28.1. The Bertz CT molecular complexity index is 913. The van der Waals surface area contributed by atoms with Gasteiger partial charge in [-0.05, 0) is 29.7 Å². The van der Waals surface area contributed by atoms with Crippen molar-refractivity contribution in [3.05, 3.63) is 65.7 Å².